The summed E-state index contributed by atoms with van der Waals surface area (Å²) in [5.74, 6) is 0.514. The van der Waals surface area contributed by atoms with E-state index in [4.69, 9.17) is 15.6 Å². The summed E-state index contributed by atoms with van der Waals surface area (Å²) in [4.78, 5) is 12.2. The Morgan fingerprint density at radius 2 is 2.31 bits per heavy atom. The monoisotopic (exact) mass is 180 g/mol. The van der Waals surface area contributed by atoms with Crippen LogP contribution in [0.4, 0.5) is 5.82 Å². The molecule has 2 rings (SSSR count). The standard InChI is InChI=1S/C6H6N4.CH2O2/c7-6-5-2-1-3-10(5)9-4-8-6;2-1-3/h1-4H,(H2,7,8,9);1H,(H,2,3). The largest absolute Gasteiger partial charge is 0.483 e. The van der Waals surface area contributed by atoms with Crippen molar-refractivity contribution in [2.75, 3.05) is 5.73 Å². The second-order valence-electron chi connectivity index (χ2n) is 2.09. The molecule has 2 heterocycles. The molecule has 0 spiro atoms. The Hall–Kier alpha value is -2.11. The Kier molecular flexibility index (Phi) is 2.80. The first-order valence-electron chi connectivity index (χ1n) is 3.41. The third-order valence-electron chi connectivity index (χ3n) is 1.36. The van der Waals surface area contributed by atoms with E-state index in [0.717, 1.165) is 5.52 Å². The van der Waals surface area contributed by atoms with Crippen LogP contribution in [0.15, 0.2) is 24.7 Å². The molecule has 13 heavy (non-hydrogen) atoms. The summed E-state index contributed by atoms with van der Waals surface area (Å²) in [6.07, 6.45) is 3.26. The Bertz CT molecular complexity index is 398. The molecular formula is C7H8N4O2. The van der Waals surface area contributed by atoms with Crippen LogP contribution in [0.25, 0.3) is 5.52 Å². The molecule has 0 amide bonds. The SMILES string of the molecule is Nc1ncnn2cccc12.O=CO. The van der Waals surface area contributed by atoms with Gasteiger partial charge in [-0.2, -0.15) is 5.10 Å². The molecule has 0 aromatic carbocycles. The fourth-order valence-corrected chi connectivity index (χ4v) is 0.886. The summed E-state index contributed by atoms with van der Waals surface area (Å²) in [6, 6.07) is 3.75. The van der Waals surface area contributed by atoms with Crippen LogP contribution in [-0.4, -0.2) is 26.2 Å². The molecule has 2 aromatic rings. The summed E-state index contributed by atoms with van der Waals surface area (Å²) in [7, 11) is 0. The van der Waals surface area contributed by atoms with Crippen LogP contribution >= 0.6 is 0 Å². The number of aromatic nitrogens is 3. The molecule has 68 valence electrons. The number of carbonyl (C=O) groups is 1. The van der Waals surface area contributed by atoms with E-state index in [0.29, 0.717) is 5.82 Å². The highest BCUT2D eigenvalue weighted by Gasteiger charge is 1.95. The highest BCUT2D eigenvalue weighted by atomic mass is 16.3. The van der Waals surface area contributed by atoms with Crippen molar-refractivity contribution >= 4 is 17.8 Å². The first-order chi connectivity index (χ1) is 6.29. The molecular weight excluding hydrogens is 172 g/mol. The van der Waals surface area contributed by atoms with E-state index in [1.807, 2.05) is 18.3 Å². The van der Waals surface area contributed by atoms with Crippen molar-refractivity contribution in [2.24, 2.45) is 0 Å². The third kappa shape index (κ3) is 1.92. The third-order valence-corrected chi connectivity index (χ3v) is 1.36. The van der Waals surface area contributed by atoms with Gasteiger partial charge >= 0.3 is 0 Å². The molecule has 0 aliphatic rings. The Morgan fingerprint density at radius 1 is 1.62 bits per heavy atom. The molecule has 0 saturated carbocycles. The maximum Gasteiger partial charge on any atom is 0.290 e. The molecule has 6 nitrogen and oxygen atoms in total. The molecule has 0 radical (unpaired) electrons. The number of nitrogens with two attached hydrogens (primary N) is 1. The molecule has 0 fully saturated rings. The fourth-order valence-electron chi connectivity index (χ4n) is 0.886. The topological polar surface area (TPSA) is 93.5 Å². The van der Waals surface area contributed by atoms with Crippen molar-refractivity contribution in [3.63, 3.8) is 0 Å². The van der Waals surface area contributed by atoms with Gasteiger partial charge in [-0.15, -0.1) is 0 Å². The predicted octanol–water partition coefficient (Wildman–Crippen LogP) is 0.0123. The van der Waals surface area contributed by atoms with E-state index in [2.05, 4.69) is 10.1 Å². The maximum absolute atomic E-state index is 8.36. The maximum atomic E-state index is 8.36. The van der Waals surface area contributed by atoms with E-state index in [1.54, 1.807) is 4.52 Å². The second-order valence-corrected chi connectivity index (χ2v) is 2.09. The summed E-state index contributed by atoms with van der Waals surface area (Å²) in [5, 5.41) is 10.8. The summed E-state index contributed by atoms with van der Waals surface area (Å²) >= 11 is 0. The van der Waals surface area contributed by atoms with Crippen LogP contribution in [0.3, 0.4) is 0 Å². The van der Waals surface area contributed by atoms with Gasteiger partial charge in [-0.3, -0.25) is 4.79 Å². The predicted molar refractivity (Wildman–Crippen MR) is 46.1 cm³/mol. The van der Waals surface area contributed by atoms with Gasteiger partial charge in [-0.25, -0.2) is 9.50 Å². The van der Waals surface area contributed by atoms with Crippen molar-refractivity contribution in [1.29, 1.82) is 0 Å². The lowest BCUT2D eigenvalue weighted by Crippen LogP contribution is -1.96. The normalized spacial score (nSPS) is 8.92. The van der Waals surface area contributed by atoms with Gasteiger partial charge in [0.25, 0.3) is 6.47 Å². The van der Waals surface area contributed by atoms with Gasteiger partial charge in [0, 0.05) is 6.20 Å². The second kappa shape index (κ2) is 4.05. The number of hydrogen-bond acceptors (Lipinski definition) is 4. The average Bonchev–Trinajstić information content (AvgIpc) is 2.54. The van der Waals surface area contributed by atoms with E-state index >= 15 is 0 Å². The zero-order valence-corrected chi connectivity index (χ0v) is 6.66. The Morgan fingerprint density at radius 3 is 2.92 bits per heavy atom. The molecule has 3 N–H and O–H groups in total. The number of hydrogen-bond donors (Lipinski definition) is 2. The number of rotatable bonds is 0. The Labute approximate surface area is 73.6 Å². The molecule has 0 aliphatic heterocycles. The van der Waals surface area contributed by atoms with Crippen LogP contribution in [0.2, 0.25) is 0 Å². The van der Waals surface area contributed by atoms with Crippen LogP contribution in [0.1, 0.15) is 0 Å². The first kappa shape index (κ1) is 8.98. The summed E-state index contributed by atoms with van der Waals surface area (Å²) < 4.78 is 1.68. The Balaban J connectivity index is 0.000000251. The van der Waals surface area contributed by atoms with Crippen molar-refractivity contribution in [3.05, 3.63) is 24.7 Å². The number of nitrogen functional groups attached to an aromatic ring is 1. The highest BCUT2D eigenvalue weighted by Crippen LogP contribution is 2.06. The van der Waals surface area contributed by atoms with Crippen molar-refractivity contribution in [3.8, 4) is 0 Å². The molecule has 0 bridgehead atoms. The smallest absolute Gasteiger partial charge is 0.290 e. The number of carboxylic acid groups (broad SMARTS) is 1. The van der Waals surface area contributed by atoms with E-state index < -0.39 is 0 Å². The lowest BCUT2D eigenvalue weighted by molar-refractivity contribution is -0.122. The highest BCUT2D eigenvalue weighted by molar-refractivity contribution is 5.63. The number of nitrogens with zero attached hydrogens (tertiary/aromatic N) is 3. The van der Waals surface area contributed by atoms with Crippen molar-refractivity contribution in [1.82, 2.24) is 14.6 Å². The van der Waals surface area contributed by atoms with Crippen LogP contribution in [0, 0.1) is 0 Å². The first-order valence-corrected chi connectivity index (χ1v) is 3.41. The average molecular weight is 180 g/mol. The molecule has 0 atom stereocenters. The molecule has 0 unspecified atom stereocenters. The van der Waals surface area contributed by atoms with Gasteiger partial charge in [0.1, 0.15) is 11.8 Å². The minimum atomic E-state index is -0.250. The quantitative estimate of drug-likeness (QED) is 0.557. The summed E-state index contributed by atoms with van der Waals surface area (Å²) in [5.41, 5.74) is 6.38. The van der Waals surface area contributed by atoms with E-state index in [9.17, 15) is 0 Å². The lowest BCUT2D eigenvalue weighted by atomic mass is 10.5. The van der Waals surface area contributed by atoms with E-state index in [-0.39, 0.29) is 6.47 Å². The summed E-state index contributed by atoms with van der Waals surface area (Å²) in [6.45, 7) is -0.250. The van der Waals surface area contributed by atoms with Gasteiger partial charge in [0.05, 0.1) is 0 Å². The van der Waals surface area contributed by atoms with Crippen LogP contribution < -0.4 is 5.73 Å². The van der Waals surface area contributed by atoms with E-state index in [1.165, 1.54) is 6.33 Å². The van der Waals surface area contributed by atoms with Crippen LogP contribution in [-0.2, 0) is 4.79 Å². The molecule has 0 aliphatic carbocycles. The molecule has 2 aromatic heterocycles. The zero-order valence-electron chi connectivity index (χ0n) is 6.66. The number of anilines is 1. The van der Waals surface area contributed by atoms with Crippen LogP contribution in [0.5, 0.6) is 0 Å². The lowest BCUT2D eigenvalue weighted by Gasteiger charge is -1.93. The van der Waals surface area contributed by atoms with Crippen molar-refractivity contribution < 1.29 is 9.90 Å². The molecule has 6 heteroatoms. The number of fused-ring (bicyclic) bond motifs is 1. The zero-order chi connectivity index (χ0) is 9.68. The molecule has 0 saturated heterocycles. The van der Waals surface area contributed by atoms with Gasteiger partial charge in [0.15, 0.2) is 5.82 Å². The van der Waals surface area contributed by atoms with Gasteiger partial charge in [0.2, 0.25) is 0 Å². The van der Waals surface area contributed by atoms with Gasteiger partial charge in [-0.05, 0) is 12.1 Å². The van der Waals surface area contributed by atoms with Gasteiger partial charge < -0.3 is 10.8 Å². The fraction of sp³-hybridized carbons (Fsp3) is 0. The van der Waals surface area contributed by atoms with Gasteiger partial charge in [-0.1, -0.05) is 0 Å². The van der Waals surface area contributed by atoms with Crippen molar-refractivity contribution in [2.45, 2.75) is 0 Å². The minimum Gasteiger partial charge on any atom is -0.483 e. The minimum absolute atomic E-state index is 0.250.